The van der Waals surface area contributed by atoms with Gasteiger partial charge in [0.2, 0.25) is 0 Å². The molecular formula is C9H10ClN3O2S. The molecule has 1 aromatic heterocycles. The Kier molecular flexibility index (Phi) is 2.68. The number of rotatable bonds is 3. The number of nitriles is 1. The van der Waals surface area contributed by atoms with Crippen molar-refractivity contribution in [3.63, 3.8) is 0 Å². The van der Waals surface area contributed by atoms with E-state index in [0.717, 1.165) is 12.8 Å². The summed E-state index contributed by atoms with van der Waals surface area (Å²) >= 11 is 0. The summed E-state index contributed by atoms with van der Waals surface area (Å²) in [6.07, 6.45) is 3.36. The lowest BCUT2D eigenvalue weighted by molar-refractivity contribution is 0.406. The normalized spacial score (nSPS) is 18.1. The Morgan fingerprint density at radius 2 is 2.31 bits per heavy atom. The monoisotopic (exact) mass is 259 g/mol. The van der Waals surface area contributed by atoms with Crippen molar-refractivity contribution in [2.75, 3.05) is 0 Å². The third-order valence-corrected chi connectivity index (χ3v) is 4.10. The summed E-state index contributed by atoms with van der Waals surface area (Å²) in [6, 6.07) is 1.75. The van der Waals surface area contributed by atoms with Crippen molar-refractivity contribution in [2.24, 2.45) is 5.92 Å². The second kappa shape index (κ2) is 3.75. The van der Waals surface area contributed by atoms with Crippen LogP contribution < -0.4 is 0 Å². The lowest BCUT2D eigenvalue weighted by atomic mass is 10.2. The molecule has 5 nitrogen and oxygen atoms in total. The molecule has 0 aliphatic heterocycles. The van der Waals surface area contributed by atoms with Gasteiger partial charge in [0, 0.05) is 10.7 Å². The van der Waals surface area contributed by atoms with Gasteiger partial charge in [0.1, 0.15) is 11.6 Å². The first-order chi connectivity index (χ1) is 7.45. The Morgan fingerprint density at radius 3 is 2.75 bits per heavy atom. The van der Waals surface area contributed by atoms with Gasteiger partial charge in [0.25, 0.3) is 9.05 Å². The topological polar surface area (TPSA) is 75.8 Å². The molecule has 1 aliphatic carbocycles. The predicted molar refractivity (Wildman–Crippen MR) is 57.4 cm³/mol. The third kappa shape index (κ3) is 1.93. The summed E-state index contributed by atoms with van der Waals surface area (Å²) in [5.41, 5.74) is 0.00231. The molecule has 0 bridgehead atoms. The maximum absolute atomic E-state index is 11.4. The summed E-state index contributed by atoms with van der Waals surface area (Å²) in [5, 5.41) is 12.6. The maximum atomic E-state index is 11.4. The standard InChI is InChI=1S/C9H10ClN3O2S/c1-6(7-2-3-7)13-9(16(10,14)15)8(4-11)5-12-13/h5-7H,2-3H2,1H3. The third-order valence-electron chi connectivity index (χ3n) is 2.79. The van der Waals surface area contributed by atoms with E-state index in [4.69, 9.17) is 15.9 Å². The van der Waals surface area contributed by atoms with E-state index >= 15 is 0 Å². The van der Waals surface area contributed by atoms with Crippen LogP contribution in [0.2, 0.25) is 0 Å². The van der Waals surface area contributed by atoms with E-state index in [0.29, 0.717) is 5.92 Å². The van der Waals surface area contributed by atoms with Crippen LogP contribution in [0.4, 0.5) is 0 Å². The quantitative estimate of drug-likeness (QED) is 0.774. The number of nitrogens with zero attached hydrogens (tertiary/aromatic N) is 3. The van der Waals surface area contributed by atoms with Gasteiger partial charge in [-0.2, -0.15) is 10.4 Å². The molecule has 0 radical (unpaired) electrons. The van der Waals surface area contributed by atoms with Gasteiger partial charge in [-0.3, -0.25) is 0 Å². The van der Waals surface area contributed by atoms with Crippen LogP contribution in [0.5, 0.6) is 0 Å². The van der Waals surface area contributed by atoms with Crippen LogP contribution in [0.25, 0.3) is 0 Å². The van der Waals surface area contributed by atoms with E-state index in [1.807, 2.05) is 6.92 Å². The second-order valence-corrected chi connectivity index (χ2v) is 6.42. The van der Waals surface area contributed by atoms with Crippen molar-refractivity contribution in [1.29, 1.82) is 5.26 Å². The minimum absolute atomic E-state index is 0.00231. The zero-order chi connectivity index (χ0) is 11.9. The van der Waals surface area contributed by atoms with Crippen LogP contribution in [-0.2, 0) is 9.05 Å². The van der Waals surface area contributed by atoms with Gasteiger partial charge in [0.05, 0.1) is 12.2 Å². The van der Waals surface area contributed by atoms with Crippen LogP contribution in [0.15, 0.2) is 11.2 Å². The van der Waals surface area contributed by atoms with E-state index in [1.165, 1.54) is 10.9 Å². The van der Waals surface area contributed by atoms with Gasteiger partial charge in [-0.05, 0) is 25.7 Å². The molecule has 0 spiro atoms. The summed E-state index contributed by atoms with van der Waals surface area (Å²) < 4.78 is 24.1. The van der Waals surface area contributed by atoms with E-state index in [2.05, 4.69) is 5.10 Å². The highest BCUT2D eigenvalue weighted by atomic mass is 35.7. The van der Waals surface area contributed by atoms with E-state index in [9.17, 15) is 8.42 Å². The Hall–Kier alpha value is -1.06. The molecule has 1 unspecified atom stereocenters. The van der Waals surface area contributed by atoms with Gasteiger partial charge in [-0.1, -0.05) is 0 Å². The molecule has 1 saturated carbocycles. The van der Waals surface area contributed by atoms with E-state index in [1.54, 1.807) is 6.07 Å². The zero-order valence-corrected chi connectivity index (χ0v) is 10.2. The molecule has 1 aliphatic rings. The Morgan fingerprint density at radius 1 is 1.69 bits per heavy atom. The Labute approximate surface area is 98.0 Å². The molecule has 0 saturated heterocycles. The lowest BCUT2D eigenvalue weighted by Crippen LogP contribution is -2.14. The molecule has 16 heavy (non-hydrogen) atoms. The highest BCUT2D eigenvalue weighted by Gasteiger charge is 2.34. The lowest BCUT2D eigenvalue weighted by Gasteiger charge is -2.12. The van der Waals surface area contributed by atoms with Crippen LogP contribution in [-0.4, -0.2) is 18.2 Å². The van der Waals surface area contributed by atoms with Gasteiger partial charge >= 0.3 is 0 Å². The first kappa shape index (κ1) is 11.4. The number of hydrogen-bond acceptors (Lipinski definition) is 4. The summed E-state index contributed by atoms with van der Waals surface area (Å²) in [4.78, 5) is 0. The minimum Gasteiger partial charge on any atom is -0.249 e. The van der Waals surface area contributed by atoms with Crippen molar-refractivity contribution < 1.29 is 8.42 Å². The van der Waals surface area contributed by atoms with Crippen molar-refractivity contribution in [2.45, 2.75) is 30.8 Å². The molecule has 0 N–H and O–H groups in total. The van der Waals surface area contributed by atoms with Gasteiger partial charge in [-0.25, -0.2) is 13.1 Å². The van der Waals surface area contributed by atoms with Gasteiger partial charge in [0.15, 0.2) is 5.03 Å². The zero-order valence-electron chi connectivity index (χ0n) is 8.59. The van der Waals surface area contributed by atoms with Gasteiger partial charge in [-0.15, -0.1) is 0 Å². The van der Waals surface area contributed by atoms with Crippen LogP contribution in [0.3, 0.4) is 0 Å². The SMILES string of the molecule is CC(C1CC1)n1ncc(C#N)c1S(=O)(=O)Cl. The summed E-state index contributed by atoms with van der Waals surface area (Å²) in [7, 11) is 1.38. The van der Waals surface area contributed by atoms with Gasteiger partial charge < -0.3 is 0 Å². The minimum atomic E-state index is -3.93. The van der Waals surface area contributed by atoms with Crippen LogP contribution in [0.1, 0.15) is 31.4 Å². The smallest absolute Gasteiger partial charge is 0.249 e. The first-order valence-electron chi connectivity index (χ1n) is 4.87. The van der Waals surface area contributed by atoms with Crippen LogP contribution in [0, 0.1) is 17.2 Å². The largest absolute Gasteiger partial charge is 0.279 e. The Balaban J connectivity index is 2.54. The van der Waals surface area contributed by atoms with Crippen LogP contribution >= 0.6 is 10.7 Å². The average Bonchev–Trinajstić information content (AvgIpc) is 2.93. The highest BCUT2D eigenvalue weighted by Crippen LogP contribution is 2.40. The number of aromatic nitrogens is 2. The predicted octanol–water partition coefficient (Wildman–Crippen LogP) is 1.65. The van der Waals surface area contributed by atoms with Crippen molar-refractivity contribution in [3.8, 4) is 6.07 Å². The fourth-order valence-corrected chi connectivity index (χ4v) is 3.00. The molecule has 2 rings (SSSR count). The molecule has 1 atom stereocenters. The molecule has 1 fully saturated rings. The van der Waals surface area contributed by atoms with Crippen molar-refractivity contribution in [1.82, 2.24) is 9.78 Å². The second-order valence-electron chi connectivity index (χ2n) is 3.94. The number of hydrogen-bond donors (Lipinski definition) is 0. The maximum Gasteiger partial charge on any atom is 0.279 e. The first-order valence-corrected chi connectivity index (χ1v) is 7.18. The van der Waals surface area contributed by atoms with Crippen molar-refractivity contribution >= 4 is 19.7 Å². The summed E-state index contributed by atoms with van der Waals surface area (Å²) in [5.74, 6) is 0.434. The Bertz CT molecular complexity index is 554. The molecule has 0 aromatic carbocycles. The summed E-state index contributed by atoms with van der Waals surface area (Å²) in [6.45, 7) is 1.89. The molecule has 7 heteroatoms. The molecule has 1 aromatic rings. The molecule has 1 heterocycles. The van der Waals surface area contributed by atoms with E-state index in [-0.39, 0.29) is 16.6 Å². The van der Waals surface area contributed by atoms with Crippen molar-refractivity contribution in [3.05, 3.63) is 11.8 Å². The highest BCUT2D eigenvalue weighted by molar-refractivity contribution is 8.13. The number of halogens is 1. The molecule has 86 valence electrons. The molecule has 0 amide bonds. The average molecular weight is 260 g/mol. The molecular weight excluding hydrogens is 250 g/mol. The van der Waals surface area contributed by atoms with E-state index < -0.39 is 9.05 Å². The fraction of sp³-hybridized carbons (Fsp3) is 0.556. The fourth-order valence-electron chi connectivity index (χ4n) is 1.74.